The first-order valence-corrected chi connectivity index (χ1v) is 4.40. The van der Waals surface area contributed by atoms with Crippen LogP contribution in [0, 0.1) is 0 Å². The zero-order valence-electron chi connectivity index (χ0n) is 7.56. The Morgan fingerprint density at radius 1 is 1.69 bits per heavy atom. The molecule has 1 atom stereocenters. The molecule has 70 valence electrons. The summed E-state index contributed by atoms with van der Waals surface area (Å²) in [4.78, 5) is 11.0. The first-order valence-electron chi connectivity index (χ1n) is 4.40. The van der Waals surface area contributed by atoms with Crippen molar-refractivity contribution in [2.75, 3.05) is 7.11 Å². The second kappa shape index (κ2) is 3.20. The van der Waals surface area contributed by atoms with E-state index in [1.54, 1.807) is 7.11 Å². The zero-order valence-corrected chi connectivity index (χ0v) is 7.56. The van der Waals surface area contributed by atoms with Gasteiger partial charge in [0.15, 0.2) is 0 Å². The van der Waals surface area contributed by atoms with E-state index in [-0.39, 0.29) is 6.04 Å². The second-order valence-corrected chi connectivity index (χ2v) is 3.27. The van der Waals surface area contributed by atoms with Gasteiger partial charge in [0.25, 0.3) is 0 Å². The minimum Gasteiger partial charge on any atom is -0.480 e. The minimum atomic E-state index is 0.247. The number of ether oxygens (including phenoxy) is 1. The number of carbonyl (C=O) groups is 1. The van der Waals surface area contributed by atoms with Gasteiger partial charge in [-0.2, -0.15) is 0 Å². The smallest absolute Gasteiger partial charge is 0.232 e. The van der Waals surface area contributed by atoms with Crippen molar-refractivity contribution in [3.63, 3.8) is 0 Å². The molecule has 1 saturated carbocycles. The molecule has 1 fully saturated rings. The van der Waals surface area contributed by atoms with Gasteiger partial charge in [0, 0.05) is 25.1 Å². The molecule has 0 radical (unpaired) electrons. The third kappa shape index (κ3) is 1.56. The van der Waals surface area contributed by atoms with Crippen LogP contribution >= 0.6 is 0 Å². The average molecular weight is 180 g/mol. The Labute approximate surface area is 76.5 Å². The fraction of sp³-hybridized carbons (Fsp3) is 0.556. The summed E-state index contributed by atoms with van der Waals surface area (Å²) in [6.45, 7) is 0. The summed E-state index contributed by atoms with van der Waals surface area (Å²) in [6, 6.07) is 2.05. The summed E-state index contributed by atoms with van der Waals surface area (Å²) in [7, 11) is 1.59. The van der Waals surface area contributed by atoms with Crippen molar-refractivity contribution in [2.45, 2.75) is 25.3 Å². The van der Waals surface area contributed by atoms with Crippen LogP contribution in [-0.2, 0) is 4.79 Å². The summed E-state index contributed by atoms with van der Waals surface area (Å²) in [5, 5.41) is 4.19. The molecular formula is C9H12N2O2. The number of methoxy groups -OCH3 is 1. The Balaban J connectivity index is 2.12. The molecule has 4 heteroatoms. The Bertz CT molecular complexity index is 319. The van der Waals surface area contributed by atoms with Crippen LogP contribution < -0.4 is 4.74 Å². The number of carbonyl (C=O) groups excluding carboxylic acids is 1. The van der Waals surface area contributed by atoms with Crippen molar-refractivity contribution in [1.82, 2.24) is 9.78 Å². The maximum absolute atomic E-state index is 11.0. The van der Waals surface area contributed by atoms with Crippen molar-refractivity contribution >= 4 is 5.78 Å². The van der Waals surface area contributed by atoms with Gasteiger partial charge < -0.3 is 4.74 Å². The average Bonchev–Trinajstić information content (AvgIpc) is 2.71. The lowest BCUT2D eigenvalue weighted by atomic mass is 10.3. The van der Waals surface area contributed by atoms with E-state index in [1.165, 1.54) is 0 Å². The Morgan fingerprint density at radius 2 is 2.54 bits per heavy atom. The molecule has 2 rings (SSSR count). The van der Waals surface area contributed by atoms with Gasteiger partial charge in [0.2, 0.25) is 5.88 Å². The third-order valence-corrected chi connectivity index (χ3v) is 2.39. The molecule has 0 aliphatic heterocycles. The summed E-state index contributed by atoms with van der Waals surface area (Å²) < 4.78 is 6.79. The summed E-state index contributed by atoms with van der Waals surface area (Å²) in [5.41, 5.74) is 0. The monoisotopic (exact) mass is 180 g/mol. The highest BCUT2D eigenvalue weighted by Crippen LogP contribution is 2.26. The van der Waals surface area contributed by atoms with Gasteiger partial charge in [-0.15, -0.1) is 5.10 Å². The number of aromatic nitrogens is 2. The number of Topliss-reactive ketones (excluding diaryl/α,β-unsaturated/α-hetero) is 1. The standard InChI is InChI=1S/C9H12N2O2/c1-13-9-4-5-11(10-9)7-2-3-8(12)6-7/h4-5,7H,2-3,6H2,1H3. The van der Waals surface area contributed by atoms with Crippen molar-refractivity contribution in [3.8, 4) is 5.88 Å². The largest absolute Gasteiger partial charge is 0.480 e. The highest BCUT2D eigenvalue weighted by molar-refractivity contribution is 5.80. The normalized spacial score (nSPS) is 22.2. The van der Waals surface area contributed by atoms with Crippen molar-refractivity contribution in [1.29, 1.82) is 0 Å². The Hall–Kier alpha value is -1.32. The topological polar surface area (TPSA) is 44.1 Å². The summed E-state index contributed by atoms with van der Waals surface area (Å²) >= 11 is 0. The third-order valence-electron chi connectivity index (χ3n) is 2.39. The predicted molar refractivity (Wildman–Crippen MR) is 46.7 cm³/mol. The van der Waals surface area contributed by atoms with Crippen LogP contribution in [0.5, 0.6) is 5.88 Å². The van der Waals surface area contributed by atoms with Gasteiger partial charge in [-0.05, 0) is 6.42 Å². The lowest BCUT2D eigenvalue weighted by Gasteiger charge is -2.07. The van der Waals surface area contributed by atoms with Crippen LogP contribution in [0.15, 0.2) is 12.3 Å². The van der Waals surface area contributed by atoms with Crippen LogP contribution in [0.25, 0.3) is 0 Å². The molecule has 1 aromatic heterocycles. The second-order valence-electron chi connectivity index (χ2n) is 3.27. The molecule has 13 heavy (non-hydrogen) atoms. The van der Waals surface area contributed by atoms with Gasteiger partial charge in [-0.3, -0.25) is 9.48 Å². The number of hydrogen-bond acceptors (Lipinski definition) is 3. The molecule has 0 N–H and O–H groups in total. The minimum absolute atomic E-state index is 0.247. The first kappa shape index (κ1) is 8.29. The number of nitrogens with zero attached hydrogens (tertiary/aromatic N) is 2. The van der Waals surface area contributed by atoms with E-state index in [4.69, 9.17) is 4.74 Å². The van der Waals surface area contributed by atoms with E-state index >= 15 is 0 Å². The molecule has 1 aromatic rings. The molecule has 1 aliphatic rings. The summed E-state index contributed by atoms with van der Waals surface area (Å²) in [5.74, 6) is 0.943. The Kier molecular flexibility index (Phi) is 2.04. The van der Waals surface area contributed by atoms with Crippen LogP contribution in [0.1, 0.15) is 25.3 Å². The maximum atomic E-state index is 11.0. The SMILES string of the molecule is COc1ccn(C2CCC(=O)C2)n1. The zero-order chi connectivity index (χ0) is 9.26. The molecule has 0 amide bonds. The Morgan fingerprint density at radius 3 is 3.08 bits per heavy atom. The van der Waals surface area contributed by atoms with E-state index in [0.717, 1.165) is 6.42 Å². The molecule has 1 aliphatic carbocycles. The number of ketones is 1. The quantitative estimate of drug-likeness (QED) is 0.686. The highest BCUT2D eigenvalue weighted by atomic mass is 16.5. The van der Waals surface area contributed by atoms with Gasteiger partial charge >= 0.3 is 0 Å². The molecule has 1 heterocycles. The van der Waals surface area contributed by atoms with Crippen LogP contribution in [0.2, 0.25) is 0 Å². The molecule has 4 nitrogen and oxygen atoms in total. The first-order chi connectivity index (χ1) is 6.29. The van der Waals surface area contributed by atoms with Crippen LogP contribution in [0.4, 0.5) is 0 Å². The van der Waals surface area contributed by atoms with E-state index in [1.807, 2.05) is 16.9 Å². The van der Waals surface area contributed by atoms with Crippen LogP contribution in [-0.4, -0.2) is 22.7 Å². The van der Waals surface area contributed by atoms with Crippen molar-refractivity contribution < 1.29 is 9.53 Å². The van der Waals surface area contributed by atoms with Crippen LogP contribution in [0.3, 0.4) is 0 Å². The van der Waals surface area contributed by atoms with Gasteiger partial charge in [0.05, 0.1) is 13.2 Å². The molecule has 0 bridgehead atoms. The lowest BCUT2D eigenvalue weighted by Crippen LogP contribution is -2.06. The molecule has 0 spiro atoms. The fourth-order valence-electron chi connectivity index (χ4n) is 1.65. The predicted octanol–water partition coefficient (Wildman–Crippen LogP) is 1.19. The van der Waals surface area contributed by atoms with Gasteiger partial charge in [-0.25, -0.2) is 0 Å². The summed E-state index contributed by atoms with van der Waals surface area (Å²) in [6.07, 6.45) is 4.07. The van der Waals surface area contributed by atoms with E-state index < -0.39 is 0 Å². The molecular weight excluding hydrogens is 168 g/mol. The van der Waals surface area contributed by atoms with Crippen molar-refractivity contribution in [2.24, 2.45) is 0 Å². The van der Waals surface area contributed by atoms with Gasteiger partial charge in [0.1, 0.15) is 5.78 Å². The van der Waals surface area contributed by atoms with Crippen molar-refractivity contribution in [3.05, 3.63) is 12.3 Å². The van der Waals surface area contributed by atoms with E-state index in [0.29, 0.717) is 24.5 Å². The number of rotatable bonds is 2. The molecule has 0 aromatic carbocycles. The van der Waals surface area contributed by atoms with E-state index in [9.17, 15) is 4.79 Å². The number of hydrogen-bond donors (Lipinski definition) is 0. The lowest BCUT2D eigenvalue weighted by molar-refractivity contribution is -0.117. The maximum Gasteiger partial charge on any atom is 0.232 e. The fourth-order valence-corrected chi connectivity index (χ4v) is 1.65. The van der Waals surface area contributed by atoms with E-state index in [2.05, 4.69) is 5.10 Å². The molecule has 0 saturated heterocycles. The molecule has 1 unspecified atom stereocenters. The highest BCUT2D eigenvalue weighted by Gasteiger charge is 2.24. The van der Waals surface area contributed by atoms with Gasteiger partial charge in [-0.1, -0.05) is 0 Å².